The number of esters is 2. The number of carbonyl (C=O) groups excluding carboxylic acids is 2. The predicted molar refractivity (Wildman–Crippen MR) is 111 cm³/mol. The third kappa shape index (κ3) is 18.5. The van der Waals surface area contributed by atoms with Gasteiger partial charge in [-0.25, -0.2) is 0 Å². The molecule has 4 nitrogen and oxygen atoms in total. The number of hydrogen-bond acceptors (Lipinski definition) is 4. The zero-order chi connectivity index (χ0) is 20.2. The fourth-order valence-electron chi connectivity index (χ4n) is 2.38. The van der Waals surface area contributed by atoms with Crippen LogP contribution in [0.25, 0.3) is 0 Å². The van der Waals surface area contributed by atoms with Gasteiger partial charge in [0.2, 0.25) is 0 Å². The van der Waals surface area contributed by atoms with Crippen molar-refractivity contribution < 1.29 is 19.1 Å². The lowest BCUT2D eigenvalue weighted by molar-refractivity contribution is -0.144. The Morgan fingerprint density at radius 1 is 0.926 bits per heavy atom. The molecule has 0 fully saturated rings. The monoisotopic (exact) mass is 376 g/mol. The van der Waals surface area contributed by atoms with E-state index in [-0.39, 0.29) is 18.0 Å². The maximum atomic E-state index is 11.1. The Morgan fingerprint density at radius 3 is 2.30 bits per heavy atom. The smallest absolute Gasteiger partial charge is 0.305 e. The molecule has 0 amide bonds. The first-order chi connectivity index (χ1) is 13.1. The van der Waals surface area contributed by atoms with Gasteiger partial charge in [-0.1, -0.05) is 62.3 Å². The molecule has 0 unspecified atom stereocenters. The van der Waals surface area contributed by atoms with E-state index in [1.165, 1.54) is 14.0 Å². The summed E-state index contributed by atoms with van der Waals surface area (Å²) in [6.45, 7) is 3.61. The van der Waals surface area contributed by atoms with Gasteiger partial charge >= 0.3 is 11.9 Å². The van der Waals surface area contributed by atoms with Crippen LogP contribution in [-0.4, -0.2) is 25.2 Å². The average molecular weight is 377 g/mol. The van der Waals surface area contributed by atoms with Crippen molar-refractivity contribution in [2.45, 2.75) is 77.7 Å². The topological polar surface area (TPSA) is 52.6 Å². The SMILES string of the molecule is CCCCC[C@@H](/C=C/C=C\C/C=C\C/C=C\CCCC(=O)OC)OC(C)=O. The molecule has 0 bridgehead atoms. The summed E-state index contributed by atoms with van der Waals surface area (Å²) in [6, 6.07) is 0. The van der Waals surface area contributed by atoms with Crippen molar-refractivity contribution in [3.63, 3.8) is 0 Å². The van der Waals surface area contributed by atoms with Crippen molar-refractivity contribution in [1.82, 2.24) is 0 Å². The van der Waals surface area contributed by atoms with Crippen LogP contribution in [0.3, 0.4) is 0 Å². The minimum Gasteiger partial charge on any atom is -0.469 e. The Morgan fingerprint density at radius 2 is 1.63 bits per heavy atom. The van der Waals surface area contributed by atoms with Gasteiger partial charge in [0, 0.05) is 13.3 Å². The molecule has 0 radical (unpaired) electrons. The second kappa shape index (κ2) is 18.7. The second-order valence-corrected chi connectivity index (χ2v) is 6.34. The maximum absolute atomic E-state index is 11.1. The fourth-order valence-corrected chi connectivity index (χ4v) is 2.38. The normalized spacial score (nSPS) is 13.1. The van der Waals surface area contributed by atoms with E-state index in [0.717, 1.165) is 51.4 Å². The largest absolute Gasteiger partial charge is 0.469 e. The Kier molecular flexibility index (Phi) is 17.2. The van der Waals surface area contributed by atoms with Crippen LogP contribution in [0.1, 0.15) is 71.6 Å². The number of hydrogen-bond donors (Lipinski definition) is 0. The number of ether oxygens (including phenoxy) is 2. The molecule has 0 aliphatic carbocycles. The van der Waals surface area contributed by atoms with Crippen molar-refractivity contribution in [3.05, 3.63) is 48.6 Å². The van der Waals surface area contributed by atoms with Crippen LogP contribution in [0.5, 0.6) is 0 Å². The zero-order valence-electron chi connectivity index (χ0n) is 17.2. The molecule has 0 saturated carbocycles. The number of allylic oxidation sites excluding steroid dienone is 7. The van der Waals surface area contributed by atoms with E-state index in [1.54, 1.807) is 0 Å². The lowest BCUT2D eigenvalue weighted by atomic mass is 10.1. The number of rotatable bonds is 15. The third-order valence-corrected chi connectivity index (χ3v) is 3.84. The van der Waals surface area contributed by atoms with Gasteiger partial charge < -0.3 is 9.47 Å². The summed E-state index contributed by atoms with van der Waals surface area (Å²) in [6.07, 6.45) is 24.5. The highest BCUT2D eigenvalue weighted by Gasteiger charge is 2.06. The Balaban J connectivity index is 3.91. The Hall–Kier alpha value is -2.10. The van der Waals surface area contributed by atoms with Crippen molar-refractivity contribution in [2.75, 3.05) is 7.11 Å². The Bertz CT molecular complexity index is 501. The summed E-state index contributed by atoms with van der Waals surface area (Å²) in [4.78, 5) is 22.1. The van der Waals surface area contributed by atoms with Crippen LogP contribution in [0, 0.1) is 0 Å². The lowest BCUT2D eigenvalue weighted by Crippen LogP contribution is -2.13. The quantitative estimate of drug-likeness (QED) is 0.156. The van der Waals surface area contributed by atoms with E-state index < -0.39 is 0 Å². The van der Waals surface area contributed by atoms with Crippen LogP contribution in [-0.2, 0) is 19.1 Å². The van der Waals surface area contributed by atoms with Gasteiger partial charge in [0.05, 0.1) is 7.11 Å². The van der Waals surface area contributed by atoms with E-state index in [9.17, 15) is 9.59 Å². The van der Waals surface area contributed by atoms with Gasteiger partial charge in [0.25, 0.3) is 0 Å². The van der Waals surface area contributed by atoms with Gasteiger partial charge in [-0.05, 0) is 44.6 Å². The molecule has 4 heteroatoms. The molecule has 0 heterocycles. The highest BCUT2D eigenvalue weighted by Crippen LogP contribution is 2.09. The molecule has 0 saturated heterocycles. The van der Waals surface area contributed by atoms with Crippen LogP contribution < -0.4 is 0 Å². The Labute approximate surface area is 165 Å². The van der Waals surface area contributed by atoms with Crippen LogP contribution in [0.2, 0.25) is 0 Å². The predicted octanol–water partition coefficient (Wildman–Crippen LogP) is 5.85. The molecule has 0 N–H and O–H groups in total. The highest BCUT2D eigenvalue weighted by atomic mass is 16.5. The molecular weight excluding hydrogens is 340 g/mol. The molecule has 27 heavy (non-hydrogen) atoms. The molecule has 152 valence electrons. The summed E-state index contributed by atoms with van der Waals surface area (Å²) in [5, 5.41) is 0. The van der Waals surface area contributed by atoms with E-state index in [4.69, 9.17) is 4.74 Å². The highest BCUT2D eigenvalue weighted by molar-refractivity contribution is 5.69. The van der Waals surface area contributed by atoms with E-state index >= 15 is 0 Å². The van der Waals surface area contributed by atoms with E-state index in [2.05, 4.69) is 42.0 Å². The molecule has 0 aliphatic heterocycles. The second-order valence-electron chi connectivity index (χ2n) is 6.34. The maximum Gasteiger partial charge on any atom is 0.305 e. The molecule has 0 aromatic heterocycles. The standard InChI is InChI=1S/C23H36O4/c1-4-5-15-18-22(27-21(2)24)19-16-13-11-9-7-6-8-10-12-14-17-20-23(25)26-3/h6-7,10-13,16,19,22H,4-5,8-9,14-15,17-18,20H2,1-3H3/b7-6-,12-10-,13-11-,19-16+/t22-/m0/s1. The molecule has 1 atom stereocenters. The first-order valence-electron chi connectivity index (χ1n) is 9.97. The van der Waals surface area contributed by atoms with Crippen LogP contribution in [0.4, 0.5) is 0 Å². The van der Waals surface area contributed by atoms with Gasteiger partial charge in [-0.2, -0.15) is 0 Å². The van der Waals surface area contributed by atoms with Crippen molar-refractivity contribution in [2.24, 2.45) is 0 Å². The number of methoxy groups -OCH3 is 1. The number of carbonyl (C=O) groups is 2. The summed E-state index contributed by atoms with van der Waals surface area (Å²) in [7, 11) is 1.42. The van der Waals surface area contributed by atoms with Crippen molar-refractivity contribution in [3.8, 4) is 0 Å². The summed E-state index contributed by atoms with van der Waals surface area (Å²) < 4.78 is 9.90. The first-order valence-corrected chi connectivity index (χ1v) is 9.97. The third-order valence-electron chi connectivity index (χ3n) is 3.84. The summed E-state index contributed by atoms with van der Waals surface area (Å²) in [5.41, 5.74) is 0. The van der Waals surface area contributed by atoms with Crippen LogP contribution >= 0.6 is 0 Å². The molecular formula is C23H36O4. The molecule has 0 aromatic rings. The van der Waals surface area contributed by atoms with Gasteiger partial charge in [0.1, 0.15) is 6.10 Å². The summed E-state index contributed by atoms with van der Waals surface area (Å²) >= 11 is 0. The molecule has 0 rings (SSSR count). The number of unbranched alkanes of at least 4 members (excludes halogenated alkanes) is 3. The van der Waals surface area contributed by atoms with Crippen molar-refractivity contribution >= 4 is 11.9 Å². The fraction of sp³-hybridized carbons (Fsp3) is 0.565. The lowest BCUT2D eigenvalue weighted by Gasteiger charge is -2.12. The van der Waals surface area contributed by atoms with E-state index in [0.29, 0.717) is 6.42 Å². The van der Waals surface area contributed by atoms with Gasteiger partial charge in [-0.3, -0.25) is 9.59 Å². The van der Waals surface area contributed by atoms with Gasteiger partial charge in [0.15, 0.2) is 0 Å². The first kappa shape index (κ1) is 24.9. The van der Waals surface area contributed by atoms with E-state index in [1.807, 2.05) is 18.2 Å². The molecule has 0 aliphatic rings. The van der Waals surface area contributed by atoms with Crippen molar-refractivity contribution in [1.29, 1.82) is 0 Å². The molecule has 0 spiro atoms. The zero-order valence-corrected chi connectivity index (χ0v) is 17.2. The minimum absolute atomic E-state index is 0.126. The summed E-state index contributed by atoms with van der Waals surface area (Å²) in [5.74, 6) is -0.379. The minimum atomic E-state index is -0.230. The molecule has 0 aromatic carbocycles. The van der Waals surface area contributed by atoms with Crippen LogP contribution in [0.15, 0.2) is 48.6 Å². The average Bonchev–Trinajstić information content (AvgIpc) is 2.64. The van der Waals surface area contributed by atoms with Gasteiger partial charge in [-0.15, -0.1) is 0 Å².